The zero-order valence-electron chi connectivity index (χ0n) is 18.7. The summed E-state index contributed by atoms with van der Waals surface area (Å²) in [5.74, 6) is 1.17. The second kappa shape index (κ2) is 9.81. The Kier molecular flexibility index (Phi) is 6.45. The number of halogens is 1. The van der Waals surface area contributed by atoms with Crippen LogP contribution in [0.5, 0.6) is 0 Å². The van der Waals surface area contributed by atoms with Crippen LogP contribution in [-0.4, -0.2) is 53.1 Å². The Hall–Kier alpha value is -3.45. The van der Waals surface area contributed by atoms with E-state index in [0.717, 1.165) is 24.3 Å². The minimum absolute atomic E-state index is 0.00372. The molecule has 2 fully saturated rings. The van der Waals surface area contributed by atoms with Gasteiger partial charge in [-0.2, -0.15) is 5.10 Å². The van der Waals surface area contributed by atoms with E-state index in [1.54, 1.807) is 18.3 Å². The Balaban J connectivity index is 1.11. The van der Waals surface area contributed by atoms with Crippen molar-refractivity contribution < 1.29 is 9.59 Å². The molecule has 2 saturated heterocycles. The summed E-state index contributed by atoms with van der Waals surface area (Å²) >= 11 is 6.20. The van der Waals surface area contributed by atoms with Gasteiger partial charge in [-0.1, -0.05) is 35.9 Å². The largest absolute Gasteiger partial charge is 0.353 e. The molecular formula is C26H26ClN5O2. The molecule has 34 heavy (non-hydrogen) atoms. The van der Waals surface area contributed by atoms with Gasteiger partial charge in [0.15, 0.2) is 5.82 Å². The number of anilines is 2. The van der Waals surface area contributed by atoms with Gasteiger partial charge in [0.1, 0.15) is 0 Å². The first-order valence-electron chi connectivity index (χ1n) is 11.6. The molecule has 3 aromatic rings. The summed E-state index contributed by atoms with van der Waals surface area (Å²) in [6.45, 7) is 2.70. The summed E-state index contributed by atoms with van der Waals surface area (Å²) in [4.78, 5) is 29.3. The number of carbonyl (C=O) groups excluding carboxylic acids is 2. The molecule has 5 rings (SSSR count). The molecule has 174 valence electrons. The fourth-order valence-corrected chi connectivity index (χ4v) is 4.81. The van der Waals surface area contributed by atoms with Crippen LogP contribution >= 0.6 is 11.6 Å². The lowest BCUT2D eigenvalue weighted by molar-refractivity contribution is -0.120. The number of rotatable bonds is 5. The van der Waals surface area contributed by atoms with Crippen molar-refractivity contribution in [2.75, 3.05) is 36.4 Å². The molecule has 1 aromatic heterocycles. The first-order chi connectivity index (χ1) is 16.6. The third kappa shape index (κ3) is 4.75. The zero-order valence-corrected chi connectivity index (χ0v) is 19.5. The molecule has 7 nitrogen and oxygen atoms in total. The third-order valence-corrected chi connectivity index (χ3v) is 7.00. The molecule has 0 radical (unpaired) electrons. The average molecular weight is 476 g/mol. The molecule has 0 bridgehead atoms. The monoisotopic (exact) mass is 475 g/mol. The van der Waals surface area contributed by atoms with E-state index in [1.807, 2.05) is 46.2 Å². The van der Waals surface area contributed by atoms with Gasteiger partial charge in [-0.3, -0.25) is 9.59 Å². The Bertz CT molecular complexity index is 1160. The Labute approximate surface area is 203 Å². The molecule has 2 aromatic carbocycles. The molecule has 2 aliphatic rings. The smallest absolute Gasteiger partial charge is 0.255 e. The maximum absolute atomic E-state index is 12.8. The van der Waals surface area contributed by atoms with Gasteiger partial charge in [0, 0.05) is 38.1 Å². The number of nitrogens with zero attached hydrogens (tertiary/aromatic N) is 4. The number of likely N-dealkylation sites (tertiary alicyclic amines) is 1. The zero-order chi connectivity index (χ0) is 23.5. The van der Waals surface area contributed by atoms with Crippen LogP contribution in [0.1, 0.15) is 34.7 Å². The number of carbonyl (C=O) groups is 2. The summed E-state index contributed by atoms with van der Waals surface area (Å²) in [6, 6.07) is 19.0. The maximum atomic E-state index is 12.8. The van der Waals surface area contributed by atoms with Crippen LogP contribution in [0, 0.1) is 5.92 Å². The van der Waals surface area contributed by atoms with Crippen LogP contribution in [0.2, 0.25) is 5.02 Å². The predicted molar refractivity (Wildman–Crippen MR) is 132 cm³/mol. The molecule has 0 atom stereocenters. The van der Waals surface area contributed by atoms with Gasteiger partial charge in [-0.15, -0.1) is 5.10 Å². The van der Waals surface area contributed by atoms with E-state index in [2.05, 4.69) is 27.6 Å². The lowest BCUT2D eigenvalue weighted by Gasteiger charge is -2.38. The summed E-state index contributed by atoms with van der Waals surface area (Å²) in [5, 5.41) is 11.5. The van der Waals surface area contributed by atoms with Crippen LogP contribution in [-0.2, 0) is 4.79 Å². The van der Waals surface area contributed by atoms with E-state index >= 15 is 0 Å². The fourth-order valence-electron chi connectivity index (χ4n) is 4.60. The van der Waals surface area contributed by atoms with Crippen LogP contribution in [0.15, 0.2) is 66.9 Å². The van der Waals surface area contributed by atoms with Gasteiger partial charge < -0.3 is 15.1 Å². The number of piperidine rings is 1. The highest BCUT2D eigenvalue weighted by atomic mass is 35.5. The van der Waals surface area contributed by atoms with Gasteiger partial charge >= 0.3 is 0 Å². The van der Waals surface area contributed by atoms with E-state index in [4.69, 9.17) is 11.6 Å². The molecule has 0 saturated carbocycles. The summed E-state index contributed by atoms with van der Waals surface area (Å²) in [7, 11) is 0. The Morgan fingerprint density at radius 1 is 0.941 bits per heavy atom. The van der Waals surface area contributed by atoms with Gasteiger partial charge in [-0.05, 0) is 60.7 Å². The number of nitrogens with one attached hydrogen (secondary N) is 1. The van der Waals surface area contributed by atoms with Crippen molar-refractivity contribution in [3.05, 3.63) is 83.0 Å². The molecular weight excluding hydrogens is 450 g/mol. The van der Waals surface area contributed by atoms with Gasteiger partial charge in [-0.25, -0.2) is 0 Å². The van der Waals surface area contributed by atoms with Crippen molar-refractivity contribution in [1.29, 1.82) is 0 Å². The highest BCUT2D eigenvalue weighted by Gasteiger charge is 2.33. The number of aromatic nitrogens is 2. The second-order valence-corrected chi connectivity index (χ2v) is 9.25. The molecule has 3 heterocycles. The quantitative estimate of drug-likeness (QED) is 0.597. The van der Waals surface area contributed by atoms with E-state index in [-0.39, 0.29) is 17.7 Å². The van der Waals surface area contributed by atoms with Crippen LogP contribution in [0.25, 0.3) is 0 Å². The van der Waals surface area contributed by atoms with Crippen LogP contribution in [0.3, 0.4) is 0 Å². The minimum Gasteiger partial charge on any atom is -0.353 e. The molecule has 0 aliphatic carbocycles. The van der Waals surface area contributed by atoms with Crippen molar-refractivity contribution in [1.82, 2.24) is 15.1 Å². The van der Waals surface area contributed by atoms with Crippen molar-refractivity contribution >= 4 is 34.9 Å². The highest BCUT2D eigenvalue weighted by Crippen LogP contribution is 2.30. The van der Waals surface area contributed by atoms with Crippen molar-refractivity contribution in [2.24, 2.45) is 5.92 Å². The summed E-state index contributed by atoms with van der Waals surface area (Å²) in [5.41, 5.74) is 2.60. The van der Waals surface area contributed by atoms with Gasteiger partial charge in [0.2, 0.25) is 5.91 Å². The van der Waals surface area contributed by atoms with Crippen LogP contribution in [0.4, 0.5) is 11.5 Å². The fraction of sp³-hybridized carbons (Fsp3) is 0.308. The lowest BCUT2D eigenvalue weighted by atomic mass is 9.89. The maximum Gasteiger partial charge on any atom is 0.255 e. The standard InChI is InChI=1S/C26H26ClN5O2/c27-23-5-2-1-4-22(23)26(34)31-14-11-19(12-15-31)18-7-9-21(10-8-18)29-25(33)20-16-32(17-20)24-6-3-13-28-30-24/h1-10,13,19-20H,11-12,14-17H2,(H,29,33). The third-order valence-electron chi connectivity index (χ3n) is 6.67. The Morgan fingerprint density at radius 2 is 1.68 bits per heavy atom. The number of hydrogen-bond donors (Lipinski definition) is 1. The van der Waals surface area contributed by atoms with E-state index < -0.39 is 0 Å². The van der Waals surface area contributed by atoms with Crippen LogP contribution < -0.4 is 10.2 Å². The van der Waals surface area contributed by atoms with Crippen molar-refractivity contribution in [2.45, 2.75) is 18.8 Å². The summed E-state index contributed by atoms with van der Waals surface area (Å²) < 4.78 is 0. The first-order valence-corrected chi connectivity index (χ1v) is 11.9. The SMILES string of the molecule is O=C(Nc1ccc(C2CCN(C(=O)c3ccccc3Cl)CC2)cc1)C1CN(c2cccnn2)C1. The molecule has 1 N–H and O–H groups in total. The number of benzene rings is 2. The summed E-state index contributed by atoms with van der Waals surface area (Å²) in [6.07, 6.45) is 3.45. The Morgan fingerprint density at radius 3 is 2.35 bits per heavy atom. The lowest BCUT2D eigenvalue weighted by Crippen LogP contribution is -2.52. The normalized spacial score (nSPS) is 16.7. The molecule has 0 unspecified atom stereocenters. The van der Waals surface area contributed by atoms with Crippen molar-refractivity contribution in [3.8, 4) is 0 Å². The molecule has 2 aliphatic heterocycles. The molecule has 0 spiro atoms. The van der Waals surface area contributed by atoms with E-state index in [0.29, 0.717) is 42.7 Å². The predicted octanol–water partition coefficient (Wildman–Crippen LogP) is 4.22. The van der Waals surface area contributed by atoms with Gasteiger partial charge in [0.25, 0.3) is 5.91 Å². The average Bonchev–Trinajstić information content (AvgIpc) is 2.84. The van der Waals surface area contributed by atoms with E-state index in [9.17, 15) is 9.59 Å². The highest BCUT2D eigenvalue weighted by molar-refractivity contribution is 6.33. The topological polar surface area (TPSA) is 78.4 Å². The van der Waals surface area contributed by atoms with Gasteiger partial charge in [0.05, 0.1) is 16.5 Å². The van der Waals surface area contributed by atoms with E-state index in [1.165, 1.54) is 5.56 Å². The first kappa shape index (κ1) is 22.3. The van der Waals surface area contributed by atoms with Crippen molar-refractivity contribution in [3.63, 3.8) is 0 Å². The second-order valence-electron chi connectivity index (χ2n) is 8.84. The minimum atomic E-state index is -0.0540. The number of amides is 2. The molecule has 2 amide bonds. The number of hydrogen-bond acceptors (Lipinski definition) is 5. The molecule has 8 heteroatoms.